The molecule has 2 aromatic carbocycles. The Bertz CT molecular complexity index is 1120. The fourth-order valence-corrected chi connectivity index (χ4v) is 4.53. The molecule has 0 atom stereocenters. The number of amides is 1. The second-order valence-electron chi connectivity index (χ2n) is 8.92. The molecule has 0 bridgehead atoms. The first kappa shape index (κ1) is 25.0. The molecular formula is C26H33N5O3S. The predicted octanol–water partition coefficient (Wildman–Crippen LogP) is 4.07. The number of hydrogen-bond donors (Lipinski definition) is 2. The van der Waals surface area contributed by atoms with E-state index in [-0.39, 0.29) is 6.10 Å². The van der Waals surface area contributed by atoms with Crippen LogP contribution in [0.15, 0.2) is 47.8 Å². The number of aromatic nitrogens is 1. The highest BCUT2D eigenvalue weighted by atomic mass is 32.1. The molecule has 0 radical (unpaired) electrons. The molecule has 0 saturated carbocycles. The van der Waals surface area contributed by atoms with E-state index < -0.39 is 5.91 Å². The highest BCUT2D eigenvalue weighted by Gasteiger charge is 2.14. The van der Waals surface area contributed by atoms with Crippen LogP contribution in [0.2, 0.25) is 0 Å². The highest BCUT2D eigenvalue weighted by Crippen LogP contribution is 2.33. The first-order chi connectivity index (χ1) is 16.9. The lowest BCUT2D eigenvalue weighted by molar-refractivity contribution is 0.100. The molecule has 1 aliphatic rings. The summed E-state index contributed by atoms with van der Waals surface area (Å²) in [5.41, 5.74) is 8.38. The maximum Gasteiger partial charge on any atom is 0.248 e. The number of likely N-dealkylation sites (N-methyl/N-ethyl adjacent to an activating group) is 1. The summed E-state index contributed by atoms with van der Waals surface area (Å²) in [4.78, 5) is 21.1. The maximum atomic E-state index is 11.6. The molecule has 4 rings (SSSR count). The van der Waals surface area contributed by atoms with E-state index in [1.54, 1.807) is 18.2 Å². The van der Waals surface area contributed by atoms with Gasteiger partial charge in [-0.15, -0.1) is 11.3 Å². The normalized spacial score (nSPS) is 14.7. The van der Waals surface area contributed by atoms with Crippen molar-refractivity contribution in [1.29, 1.82) is 0 Å². The van der Waals surface area contributed by atoms with Crippen LogP contribution >= 0.6 is 11.3 Å². The zero-order chi connectivity index (χ0) is 24.8. The summed E-state index contributed by atoms with van der Waals surface area (Å²) in [6.07, 6.45) is -0.0101. The van der Waals surface area contributed by atoms with Gasteiger partial charge in [0.05, 0.1) is 17.5 Å². The molecular weight excluding hydrogens is 462 g/mol. The summed E-state index contributed by atoms with van der Waals surface area (Å²) in [6.45, 7) is 9.94. The number of anilines is 2. The quantitative estimate of drug-likeness (QED) is 0.438. The first-order valence-corrected chi connectivity index (χ1v) is 12.7. The zero-order valence-electron chi connectivity index (χ0n) is 20.5. The van der Waals surface area contributed by atoms with E-state index in [0.717, 1.165) is 49.7 Å². The number of nitrogens with two attached hydrogens (primary N) is 1. The van der Waals surface area contributed by atoms with Crippen LogP contribution in [0.5, 0.6) is 11.5 Å². The van der Waals surface area contributed by atoms with Crippen molar-refractivity contribution in [1.82, 2.24) is 14.8 Å². The number of ether oxygens (including phenoxy) is 2. The summed E-state index contributed by atoms with van der Waals surface area (Å²) < 4.78 is 11.8. The summed E-state index contributed by atoms with van der Waals surface area (Å²) in [5.74, 6) is 1.00. The lowest BCUT2D eigenvalue weighted by Crippen LogP contribution is -2.45. The van der Waals surface area contributed by atoms with Gasteiger partial charge in [-0.3, -0.25) is 9.69 Å². The Kier molecular flexibility index (Phi) is 8.22. The topological polar surface area (TPSA) is 92.9 Å². The minimum absolute atomic E-state index is 0.0101. The molecule has 186 valence electrons. The number of nitrogens with zero attached hydrogens (tertiary/aromatic N) is 3. The Morgan fingerprint density at radius 3 is 2.57 bits per heavy atom. The van der Waals surface area contributed by atoms with Crippen LogP contribution in [-0.2, 0) is 0 Å². The van der Waals surface area contributed by atoms with Crippen molar-refractivity contribution in [2.24, 2.45) is 5.73 Å². The number of carbonyl (C=O) groups is 1. The Hall–Kier alpha value is -3.14. The zero-order valence-corrected chi connectivity index (χ0v) is 21.3. The molecule has 9 heteroatoms. The standard InChI is InChI=1S/C26H33N5O3S/c1-18(2)34-24-9-6-20(25(27)32)16-22(24)28-26-29-23(17-35-26)19-4-7-21(8-5-19)33-15-14-31-12-10-30(3)11-13-31/h4-9,16-18H,10-15H2,1-3H3,(H2,27,32)(H,28,29). The number of rotatable bonds is 10. The minimum atomic E-state index is -0.491. The smallest absolute Gasteiger partial charge is 0.248 e. The third-order valence-electron chi connectivity index (χ3n) is 5.79. The van der Waals surface area contributed by atoms with Crippen LogP contribution in [0.1, 0.15) is 24.2 Å². The highest BCUT2D eigenvalue weighted by molar-refractivity contribution is 7.14. The molecule has 3 N–H and O–H groups in total. The van der Waals surface area contributed by atoms with Crippen molar-refractivity contribution >= 4 is 28.1 Å². The second-order valence-corrected chi connectivity index (χ2v) is 9.78. The first-order valence-electron chi connectivity index (χ1n) is 11.8. The number of hydrogen-bond acceptors (Lipinski definition) is 8. The second kappa shape index (κ2) is 11.5. The number of benzene rings is 2. The maximum absolute atomic E-state index is 11.6. The molecule has 1 fully saturated rings. The van der Waals surface area contributed by atoms with Crippen LogP contribution in [0.4, 0.5) is 10.8 Å². The summed E-state index contributed by atoms with van der Waals surface area (Å²) in [6, 6.07) is 13.1. The van der Waals surface area contributed by atoms with Gasteiger partial charge in [-0.2, -0.15) is 0 Å². The number of carbonyl (C=O) groups excluding carboxylic acids is 1. The van der Waals surface area contributed by atoms with Crippen molar-refractivity contribution in [3.63, 3.8) is 0 Å². The van der Waals surface area contributed by atoms with E-state index in [0.29, 0.717) is 28.7 Å². The van der Waals surface area contributed by atoms with Crippen LogP contribution in [-0.4, -0.2) is 73.2 Å². The largest absolute Gasteiger partial charge is 0.492 e. The fraction of sp³-hybridized carbons (Fsp3) is 0.385. The van der Waals surface area contributed by atoms with Gasteiger partial charge in [0.25, 0.3) is 0 Å². The Labute approximate surface area is 210 Å². The van der Waals surface area contributed by atoms with E-state index in [2.05, 4.69) is 22.2 Å². The Morgan fingerprint density at radius 1 is 1.14 bits per heavy atom. The summed E-state index contributed by atoms with van der Waals surface area (Å²) in [5, 5.41) is 5.97. The molecule has 0 aliphatic carbocycles. The number of nitrogens with one attached hydrogen (secondary N) is 1. The van der Waals surface area contributed by atoms with Gasteiger partial charge in [-0.1, -0.05) is 0 Å². The van der Waals surface area contributed by atoms with Crippen LogP contribution < -0.4 is 20.5 Å². The lowest BCUT2D eigenvalue weighted by Gasteiger charge is -2.32. The number of piperazine rings is 1. The van der Waals surface area contributed by atoms with Crippen LogP contribution in [0.3, 0.4) is 0 Å². The fourth-order valence-electron chi connectivity index (χ4n) is 3.80. The third kappa shape index (κ3) is 6.94. The number of primary amides is 1. The van der Waals surface area contributed by atoms with Gasteiger partial charge < -0.3 is 25.4 Å². The summed E-state index contributed by atoms with van der Waals surface area (Å²) in [7, 11) is 2.16. The number of thiazole rings is 1. The molecule has 0 spiro atoms. The van der Waals surface area contributed by atoms with Crippen LogP contribution in [0.25, 0.3) is 11.3 Å². The van der Waals surface area contributed by atoms with E-state index >= 15 is 0 Å². The van der Waals surface area contributed by atoms with E-state index in [1.165, 1.54) is 11.3 Å². The van der Waals surface area contributed by atoms with Gasteiger partial charge in [0.1, 0.15) is 18.1 Å². The van der Waals surface area contributed by atoms with Gasteiger partial charge in [0.15, 0.2) is 5.13 Å². The molecule has 0 unspecified atom stereocenters. The van der Waals surface area contributed by atoms with Gasteiger partial charge in [-0.25, -0.2) is 4.98 Å². The average Bonchev–Trinajstić information content (AvgIpc) is 3.30. The molecule has 1 amide bonds. The van der Waals surface area contributed by atoms with Crippen molar-refractivity contribution < 1.29 is 14.3 Å². The Morgan fingerprint density at radius 2 is 1.89 bits per heavy atom. The SMILES string of the molecule is CC(C)Oc1ccc(C(N)=O)cc1Nc1nc(-c2ccc(OCCN3CCN(C)CC3)cc2)cs1. The molecule has 1 aliphatic heterocycles. The van der Waals surface area contributed by atoms with E-state index in [1.807, 2.05) is 43.5 Å². The predicted molar refractivity (Wildman–Crippen MR) is 141 cm³/mol. The Balaban J connectivity index is 1.37. The monoisotopic (exact) mass is 495 g/mol. The molecule has 3 aromatic rings. The molecule has 1 aromatic heterocycles. The van der Waals surface area contributed by atoms with Crippen molar-refractivity contribution in [2.75, 3.05) is 51.7 Å². The molecule has 8 nitrogen and oxygen atoms in total. The van der Waals surface area contributed by atoms with Gasteiger partial charge in [0.2, 0.25) is 5.91 Å². The van der Waals surface area contributed by atoms with Crippen molar-refractivity contribution in [3.8, 4) is 22.8 Å². The van der Waals surface area contributed by atoms with Crippen molar-refractivity contribution in [2.45, 2.75) is 20.0 Å². The van der Waals surface area contributed by atoms with Crippen LogP contribution in [0, 0.1) is 0 Å². The van der Waals surface area contributed by atoms with Gasteiger partial charge in [0, 0.05) is 49.2 Å². The van der Waals surface area contributed by atoms with E-state index in [9.17, 15) is 4.79 Å². The van der Waals surface area contributed by atoms with Gasteiger partial charge in [-0.05, 0) is 63.4 Å². The van der Waals surface area contributed by atoms with Crippen molar-refractivity contribution in [3.05, 3.63) is 53.4 Å². The average molecular weight is 496 g/mol. The molecule has 1 saturated heterocycles. The third-order valence-corrected chi connectivity index (χ3v) is 6.55. The van der Waals surface area contributed by atoms with Gasteiger partial charge >= 0.3 is 0 Å². The minimum Gasteiger partial charge on any atom is -0.492 e. The summed E-state index contributed by atoms with van der Waals surface area (Å²) >= 11 is 1.48. The lowest BCUT2D eigenvalue weighted by atomic mass is 10.1. The molecule has 35 heavy (non-hydrogen) atoms. The molecule has 2 heterocycles. The van der Waals surface area contributed by atoms with E-state index in [4.69, 9.17) is 20.2 Å².